The SMILES string of the molecule is Cc1cc(C)cc(N(CCC#N)C(=O)COC(=O)c2cc(Cl)ccc2F)c1. The molecule has 0 radical (unpaired) electrons. The molecule has 0 saturated carbocycles. The predicted molar refractivity (Wildman–Crippen MR) is 100 cm³/mol. The maximum Gasteiger partial charge on any atom is 0.341 e. The number of carbonyl (C=O) groups excluding carboxylic acids is 2. The Balaban J connectivity index is 2.15. The Morgan fingerprint density at radius 2 is 1.85 bits per heavy atom. The van der Waals surface area contributed by atoms with Crippen LogP contribution in [0.2, 0.25) is 5.02 Å². The van der Waals surface area contributed by atoms with Gasteiger partial charge in [-0.05, 0) is 55.3 Å². The molecule has 2 aromatic rings. The summed E-state index contributed by atoms with van der Waals surface area (Å²) in [6, 6.07) is 11.1. The first-order valence-electron chi connectivity index (χ1n) is 8.19. The second-order valence-electron chi connectivity index (χ2n) is 6.00. The number of nitriles is 1. The molecule has 0 aliphatic heterocycles. The summed E-state index contributed by atoms with van der Waals surface area (Å²) >= 11 is 5.76. The molecule has 0 aromatic heterocycles. The van der Waals surface area contributed by atoms with Crippen molar-refractivity contribution in [3.63, 3.8) is 0 Å². The summed E-state index contributed by atoms with van der Waals surface area (Å²) < 4.78 is 18.7. The van der Waals surface area contributed by atoms with Crippen molar-refractivity contribution >= 4 is 29.2 Å². The third-order valence-corrected chi connectivity index (χ3v) is 3.98. The highest BCUT2D eigenvalue weighted by atomic mass is 35.5. The smallest absolute Gasteiger partial charge is 0.341 e. The molecule has 5 nitrogen and oxygen atoms in total. The van der Waals surface area contributed by atoms with Crippen LogP contribution >= 0.6 is 11.6 Å². The van der Waals surface area contributed by atoms with Gasteiger partial charge >= 0.3 is 5.97 Å². The van der Waals surface area contributed by atoms with E-state index in [0.717, 1.165) is 23.3 Å². The van der Waals surface area contributed by atoms with E-state index in [4.69, 9.17) is 21.6 Å². The summed E-state index contributed by atoms with van der Waals surface area (Å²) in [6.07, 6.45) is 0.121. The Morgan fingerprint density at radius 1 is 1.19 bits per heavy atom. The number of amides is 1. The van der Waals surface area contributed by atoms with E-state index in [1.807, 2.05) is 26.0 Å². The number of carbonyl (C=O) groups is 2. The van der Waals surface area contributed by atoms with Gasteiger partial charge in [0, 0.05) is 17.3 Å². The lowest BCUT2D eigenvalue weighted by molar-refractivity contribution is -0.121. The van der Waals surface area contributed by atoms with Gasteiger partial charge in [0.25, 0.3) is 5.91 Å². The summed E-state index contributed by atoms with van der Waals surface area (Å²) in [6.45, 7) is 3.36. The highest BCUT2D eigenvalue weighted by Gasteiger charge is 2.20. The van der Waals surface area contributed by atoms with Gasteiger partial charge in [0.2, 0.25) is 0 Å². The number of rotatable bonds is 6. The van der Waals surface area contributed by atoms with Crippen molar-refractivity contribution in [1.82, 2.24) is 0 Å². The number of anilines is 1. The fourth-order valence-corrected chi connectivity index (χ4v) is 2.78. The Morgan fingerprint density at radius 3 is 2.48 bits per heavy atom. The molecule has 7 heteroatoms. The van der Waals surface area contributed by atoms with Gasteiger partial charge in [0.05, 0.1) is 18.1 Å². The van der Waals surface area contributed by atoms with E-state index < -0.39 is 24.3 Å². The molecule has 0 heterocycles. The van der Waals surface area contributed by atoms with Gasteiger partial charge < -0.3 is 9.64 Å². The third-order valence-electron chi connectivity index (χ3n) is 3.74. The highest BCUT2D eigenvalue weighted by Crippen LogP contribution is 2.20. The molecule has 0 unspecified atom stereocenters. The van der Waals surface area contributed by atoms with E-state index in [1.165, 1.54) is 11.0 Å². The summed E-state index contributed by atoms with van der Waals surface area (Å²) in [5, 5.41) is 9.03. The van der Waals surface area contributed by atoms with Gasteiger partial charge in [-0.1, -0.05) is 17.7 Å². The highest BCUT2D eigenvalue weighted by molar-refractivity contribution is 6.30. The Bertz CT molecular complexity index is 888. The lowest BCUT2D eigenvalue weighted by Gasteiger charge is -2.22. The van der Waals surface area contributed by atoms with Crippen molar-refractivity contribution in [3.8, 4) is 6.07 Å². The summed E-state index contributed by atoms with van der Waals surface area (Å²) in [4.78, 5) is 26.0. The zero-order chi connectivity index (χ0) is 20.0. The standard InChI is InChI=1S/C20H18ClFN2O3/c1-13-8-14(2)10-16(9-13)24(7-3-6-23)19(25)12-27-20(26)17-11-15(21)4-5-18(17)22/h4-5,8-11H,3,7,12H2,1-2H3. The van der Waals surface area contributed by atoms with Crippen LogP contribution in [0.15, 0.2) is 36.4 Å². The lowest BCUT2D eigenvalue weighted by atomic mass is 10.1. The molecule has 0 fully saturated rings. The minimum Gasteiger partial charge on any atom is -0.452 e. The first kappa shape index (κ1) is 20.4. The van der Waals surface area contributed by atoms with Crippen molar-refractivity contribution in [2.45, 2.75) is 20.3 Å². The number of ether oxygens (including phenoxy) is 1. The van der Waals surface area contributed by atoms with Crippen molar-refractivity contribution in [2.75, 3.05) is 18.1 Å². The molecule has 0 N–H and O–H groups in total. The monoisotopic (exact) mass is 388 g/mol. The number of hydrogen-bond acceptors (Lipinski definition) is 4. The van der Waals surface area contributed by atoms with E-state index in [1.54, 1.807) is 12.1 Å². The summed E-state index contributed by atoms with van der Waals surface area (Å²) in [5.74, 6) is -2.28. The van der Waals surface area contributed by atoms with Crippen LogP contribution in [0.1, 0.15) is 27.9 Å². The quantitative estimate of drug-likeness (QED) is 0.695. The second-order valence-corrected chi connectivity index (χ2v) is 6.44. The van der Waals surface area contributed by atoms with E-state index in [0.29, 0.717) is 5.69 Å². The Labute approximate surface area is 161 Å². The molecule has 140 valence electrons. The molecule has 0 aliphatic rings. The predicted octanol–water partition coefficient (Wildman–Crippen LogP) is 4.20. The number of benzene rings is 2. The fourth-order valence-electron chi connectivity index (χ4n) is 2.60. The molecule has 2 rings (SSSR count). The number of halogens is 2. The van der Waals surface area contributed by atoms with Crippen molar-refractivity contribution in [1.29, 1.82) is 5.26 Å². The van der Waals surface area contributed by atoms with Crippen LogP contribution < -0.4 is 4.90 Å². The second kappa shape index (κ2) is 9.15. The molecular formula is C20H18ClFN2O3. The van der Waals surface area contributed by atoms with E-state index in [2.05, 4.69) is 0 Å². The van der Waals surface area contributed by atoms with Crippen LogP contribution in [0, 0.1) is 31.0 Å². The van der Waals surface area contributed by atoms with E-state index in [-0.39, 0.29) is 23.6 Å². The molecule has 0 spiro atoms. The number of nitrogens with zero attached hydrogens (tertiary/aromatic N) is 2. The zero-order valence-corrected chi connectivity index (χ0v) is 15.7. The maximum atomic E-state index is 13.7. The third kappa shape index (κ3) is 5.53. The van der Waals surface area contributed by atoms with Crippen molar-refractivity contribution < 1.29 is 18.7 Å². The van der Waals surface area contributed by atoms with Gasteiger partial charge in [0.1, 0.15) is 5.82 Å². The molecule has 27 heavy (non-hydrogen) atoms. The van der Waals surface area contributed by atoms with Crippen LogP contribution in [0.4, 0.5) is 10.1 Å². The minimum absolute atomic E-state index is 0.121. The normalized spacial score (nSPS) is 10.2. The van der Waals surface area contributed by atoms with Gasteiger partial charge in [-0.2, -0.15) is 5.26 Å². The van der Waals surface area contributed by atoms with Crippen molar-refractivity contribution in [3.05, 3.63) is 63.9 Å². The molecule has 0 aliphatic carbocycles. The van der Waals surface area contributed by atoms with Crippen LogP contribution in [0.5, 0.6) is 0 Å². The zero-order valence-electron chi connectivity index (χ0n) is 15.0. The molecule has 0 bridgehead atoms. The topological polar surface area (TPSA) is 70.4 Å². The molecule has 0 saturated heterocycles. The van der Waals surface area contributed by atoms with E-state index in [9.17, 15) is 14.0 Å². The minimum atomic E-state index is -0.982. The Hall–Kier alpha value is -2.91. The van der Waals surface area contributed by atoms with Crippen LogP contribution in [-0.4, -0.2) is 25.0 Å². The van der Waals surface area contributed by atoms with Gasteiger partial charge in [-0.3, -0.25) is 4.79 Å². The van der Waals surface area contributed by atoms with Gasteiger partial charge in [-0.15, -0.1) is 0 Å². The molecule has 1 amide bonds. The van der Waals surface area contributed by atoms with Gasteiger partial charge in [0.15, 0.2) is 6.61 Å². The summed E-state index contributed by atoms with van der Waals surface area (Å²) in [5.41, 5.74) is 2.18. The van der Waals surface area contributed by atoms with Gasteiger partial charge in [-0.25, -0.2) is 9.18 Å². The average Bonchev–Trinajstić information content (AvgIpc) is 2.61. The van der Waals surface area contributed by atoms with E-state index >= 15 is 0 Å². The van der Waals surface area contributed by atoms with Crippen molar-refractivity contribution in [2.24, 2.45) is 0 Å². The first-order chi connectivity index (χ1) is 12.8. The van der Waals surface area contributed by atoms with Crippen LogP contribution in [-0.2, 0) is 9.53 Å². The molecule has 2 aromatic carbocycles. The fraction of sp³-hybridized carbons (Fsp3) is 0.250. The largest absolute Gasteiger partial charge is 0.452 e. The van der Waals surface area contributed by atoms with Crippen LogP contribution in [0.3, 0.4) is 0 Å². The Kier molecular flexibility index (Phi) is 6.91. The number of hydrogen-bond donors (Lipinski definition) is 0. The van der Waals surface area contributed by atoms with Crippen LogP contribution in [0.25, 0.3) is 0 Å². The first-order valence-corrected chi connectivity index (χ1v) is 8.57. The molecular weight excluding hydrogens is 371 g/mol. The number of aryl methyl sites for hydroxylation is 2. The number of esters is 1. The average molecular weight is 389 g/mol. The maximum absolute atomic E-state index is 13.7. The molecule has 0 atom stereocenters. The summed E-state index contributed by atoms with van der Waals surface area (Å²) in [7, 11) is 0. The lowest BCUT2D eigenvalue weighted by Crippen LogP contribution is -2.35.